The maximum Gasteiger partial charge on any atom is 0.410 e. The Morgan fingerprint density at radius 1 is 1.42 bits per heavy atom. The molecule has 1 amide bonds. The van der Waals surface area contributed by atoms with Crippen LogP contribution >= 0.6 is 0 Å². The van der Waals surface area contributed by atoms with E-state index in [-0.39, 0.29) is 23.5 Å². The van der Waals surface area contributed by atoms with Crippen LogP contribution in [0.2, 0.25) is 0 Å². The highest BCUT2D eigenvalue weighted by Crippen LogP contribution is 2.30. The van der Waals surface area contributed by atoms with Crippen molar-refractivity contribution in [3.8, 4) is 0 Å². The van der Waals surface area contributed by atoms with Gasteiger partial charge in [-0.1, -0.05) is 17.2 Å². The molecule has 1 fully saturated rings. The molecular formula is C16H22FN5O2. The number of piperidine rings is 1. The van der Waals surface area contributed by atoms with E-state index in [1.165, 1.54) is 12.1 Å². The van der Waals surface area contributed by atoms with Crippen LogP contribution in [0.25, 0.3) is 10.4 Å². The maximum atomic E-state index is 14.0. The summed E-state index contributed by atoms with van der Waals surface area (Å²) >= 11 is 0. The van der Waals surface area contributed by atoms with Gasteiger partial charge in [-0.3, -0.25) is 0 Å². The van der Waals surface area contributed by atoms with Gasteiger partial charge in [0, 0.05) is 24.0 Å². The third-order valence-electron chi connectivity index (χ3n) is 3.64. The molecule has 0 bridgehead atoms. The number of carbonyl (C=O) groups is 1. The van der Waals surface area contributed by atoms with E-state index in [1.807, 2.05) is 20.8 Å². The molecule has 24 heavy (non-hydrogen) atoms. The monoisotopic (exact) mass is 335 g/mol. The van der Waals surface area contributed by atoms with Crippen molar-refractivity contribution in [2.24, 2.45) is 5.11 Å². The lowest BCUT2D eigenvalue weighted by Gasteiger charge is -2.34. The highest BCUT2D eigenvalue weighted by molar-refractivity contribution is 5.69. The van der Waals surface area contributed by atoms with Gasteiger partial charge in [-0.15, -0.1) is 0 Å². The number of para-hydroxylation sites is 1. The number of benzene rings is 1. The molecule has 0 unspecified atom stereocenters. The molecule has 8 heteroatoms. The van der Waals surface area contributed by atoms with E-state index < -0.39 is 11.4 Å². The number of azide groups is 1. The van der Waals surface area contributed by atoms with Crippen molar-refractivity contribution in [1.82, 2.24) is 4.90 Å². The van der Waals surface area contributed by atoms with Gasteiger partial charge >= 0.3 is 6.09 Å². The van der Waals surface area contributed by atoms with Crippen LogP contribution in [-0.4, -0.2) is 35.7 Å². The number of halogens is 1. The second kappa shape index (κ2) is 7.40. The predicted octanol–water partition coefficient (Wildman–Crippen LogP) is 4.58. The van der Waals surface area contributed by atoms with Gasteiger partial charge in [0.15, 0.2) is 0 Å². The number of likely N-dealkylation sites (tertiary alicyclic amines) is 1. The number of nitrogens with one attached hydrogen (secondary N) is 1. The normalized spacial score (nSPS) is 15.6. The van der Waals surface area contributed by atoms with E-state index in [1.54, 1.807) is 11.0 Å². The molecule has 1 N–H and O–H groups in total. The van der Waals surface area contributed by atoms with Gasteiger partial charge in [-0.25, -0.2) is 9.18 Å². The zero-order chi connectivity index (χ0) is 17.7. The van der Waals surface area contributed by atoms with Crippen molar-refractivity contribution < 1.29 is 13.9 Å². The minimum atomic E-state index is -0.524. The Labute approximate surface area is 140 Å². The summed E-state index contributed by atoms with van der Waals surface area (Å²) in [6, 6.07) is 4.36. The van der Waals surface area contributed by atoms with E-state index >= 15 is 0 Å². The van der Waals surface area contributed by atoms with Gasteiger partial charge in [0.1, 0.15) is 11.4 Å². The second-order valence-electron chi connectivity index (χ2n) is 6.71. The number of rotatable bonds is 3. The van der Waals surface area contributed by atoms with Crippen LogP contribution in [0.1, 0.15) is 33.6 Å². The topological polar surface area (TPSA) is 90.3 Å². The van der Waals surface area contributed by atoms with Crippen molar-refractivity contribution in [2.45, 2.75) is 45.3 Å². The summed E-state index contributed by atoms with van der Waals surface area (Å²) in [5, 5.41) is 6.60. The average Bonchev–Trinajstić information content (AvgIpc) is 2.50. The van der Waals surface area contributed by atoms with Crippen molar-refractivity contribution in [1.29, 1.82) is 0 Å². The van der Waals surface area contributed by atoms with Gasteiger partial charge in [0.05, 0.1) is 11.4 Å². The van der Waals surface area contributed by atoms with Gasteiger partial charge in [-0.05, 0) is 45.2 Å². The molecule has 0 spiro atoms. The Balaban J connectivity index is 1.97. The fourth-order valence-corrected chi connectivity index (χ4v) is 2.52. The first kappa shape index (κ1) is 17.9. The molecule has 0 aromatic heterocycles. The van der Waals surface area contributed by atoms with E-state index in [2.05, 4.69) is 15.3 Å². The standard InChI is InChI=1S/C16H22FN5O2/c1-16(2,3)24-15(23)22-9-7-11(8-10-22)19-14-12(17)5-4-6-13(14)20-21-18/h4-6,11,19H,7-10H2,1-3H3. The van der Waals surface area contributed by atoms with Crippen LogP contribution in [-0.2, 0) is 4.74 Å². The van der Waals surface area contributed by atoms with Crippen LogP contribution in [0.3, 0.4) is 0 Å². The predicted molar refractivity (Wildman–Crippen MR) is 89.7 cm³/mol. The maximum absolute atomic E-state index is 14.0. The summed E-state index contributed by atoms with van der Waals surface area (Å²) in [6.45, 7) is 6.54. The zero-order valence-corrected chi connectivity index (χ0v) is 14.1. The molecule has 0 radical (unpaired) electrons. The lowest BCUT2D eigenvalue weighted by atomic mass is 10.0. The molecule has 1 aromatic rings. The molecule has 1 aliphatic rings. The first-order valence-electron chi connectivity index (χ1n) is 7.88. The Kier molecular flexibility index (Phi) is 5.51. The van der Waals surface area contributed by atoms with E-state index in [0.717, 1.165) is 0 Å². The molecule has 0 saturated carbocycles. The largest absolute Gasteiger partial charge is 0.444 e. The molecule has 1 heterocycles. The second-order valence-corrected chi connectivity index (χ2v) is 6.71. The van der Waals surface area contributed by atoms with Crippen LogP contribution in [0.5, 0.6) is 0 Å². The van der Waals surface area contributed by atoms with E-state index in [4.69, 9.17) is 10.3 Å². The fourth-order valence-electron chi connectivity index (χ4n) is 2.52. The fraction of sp³-hybridized carbons (Fsp3) is 0.562. The Hall–Kier alpha value is -2.47. The van der Waals surface area contributed by atoms with Crippen molar-refractivity contribution in [3.63, 3.8) is 0 Å². The Morgan fingerprint density at radius 2 is 2.08 bits per heavy atom. The minimum Gasteiger partial charge on any atom is -0.444 e. The number of nitrogens with zero attached hydrogens (tertiary/aromatic N) is 4. The molecule has 130 valence electrons. The van der Waals surface area contributed by atoms with Gasteiger partial charge in [-0.2, -0.15) is 0 Å². The zero-order valence-electron chi connectivity index (χ0n) is 14.1. The number of anilines is 1. The lowest BCUT2D eigenvalue weighted by Crippen LogP contribution is -2.44. The summed E-state index contributed by atoms with van der Waals surface area (Å²) < 4.78 is 19.3. The molecule has 0 atom stereocenters. The Bertz CT molecular complexity index is 644. The van der Waals surface area contributed by atoms with Crippen molar-refractivity contribution in [3.05, 3.63) is 34.5 Å². The number of ether oxygens (including phenoxy) is 1. The third kappa shape index (κ3) is 4.76. The minimum absolute atomic E-state index is 0.00627. The van der Waals surface area contributed by atoms with Gasteiger partial charge in [0.2, 0.25) is 0 Å². The molecule has 0 aliphatic carbocycles. The molecule has 2 rings (SSSR count). The lowest BCUT2D eigenvalue weighted by molar-refractivity contribution is 0.0210. The molecule has 7 nitrogen and oxygen atoms in total. The van der Waals surface area contributed by atoms with Gasteiger partial charge < -0.3 is 15.0 Å². The molecule has 1 aliphatic heterocycles. The van der Waals surface area contributed by atoms with E-state index in [9.17, 15) is 9.18 Å². The van der Waals surface area contributed by atoms with E-state index in [0.29, 0.717) is 25.9 Å². The summed E-state index contributed by atoms with van der Waals surface area (Å²) in [7, 11) is 0. The third-order valence-corrected chi connectivity index (χ3v) is 3.64. The Morgan fingerprint density at radius 3 is 2.67 bits per heavy atom. The smallest absolute Gasteiger partial charge is 0.410 e. The molecule has 1 saturated heterocycles. The first-order valence-corrected chi connectivity index (χ1v) is 7.88. The number of amides is 1. The highest BCUT2D eigenvalue weighted by atomic mass is 19.1. The summed E-state index contributed by atoms with van der Waals surface area (Å²) in [5.74, 6) is -0.463. The first-order chi connectivity index (χ1) is 11.3. The number of hydrogen-bond acceptors (Lipinski definition) is 4. The van der Waals surface area contributed by atoms with Crippen LogP contribution in [0.15, 0.2) is 23.3 Å². The van der Waals surface area contributed by atoms with Crippen LogP contribution in [0, 0.1) is 5.82 Å². The van der Waals surface area contributed by atoms with Gasteiger partial charge in [0.25, 0.3) is 0 Å². The SMILES string of the molecule is CC(C)(C)OC(=O)N1CCC(Nc2c(F)cccc2N=[N+]=[N-])CC1. The average molecular weight is 335 g/mol. The summed E-state index contributed by atoms with van der Waals surface area (Å²) in [6.07, 6.45) is 0.980. The number of carbonyl (C=O) groups excluding carboxylic acids is 1. The number of hydrogen-bond donors (Lipinski definition) is 1. The molecule has 1 aromatic carbocycles. The summed E-state index contributed by atoms with van der Waals surface area (Å²) in [5.41, 5.74) is 8.48. The van der Waals surface area contributed by atoms with Crippen LogP contribution in [0.4, 0.5) is 20.6 Å². The van der Waals surface area contributed by atoms with Crippen molar-refractivity contribution in [2.75, 3.05) is 18.4 Å². The molecular weight excluding hydrogens is 313 g/mol. The van der Waals surface area contributed by atoms with Crippen LogP contribution < -0.4 is 5.32 Å². The summed E-state index contributed by atoms with van der Waals surface area (Å²) in [4.78, 5) is 16.4. The van der Waals surface area contributed by atoms with Crippen molar-refractivity contribution >= 4 is 17.5 Å². The highest BCUT2D eigenvalue weighted by Gasteiger charge is 2.27. The quantitative estimate of drug-likeness (QED) is 0.498.